The summed E-state index contributed by atoms with van der Waals surface area (Å²) in [4.78, 5) is 2.23. The Hall–Kier alpha value is -0.960. The monoisotopic (exact) mass is 289 g/mol. The first-order chi connectivity index (χ1) is 8.80. The smallest absolute Gasteiger partial charge is 0.246 e. The molecule has 7 nitrogen and oxygen atoms in total. The molecule has 110 valence electrons. The van der Waals surface area contributed by atoms with Crippen LogP contribution < -0.4 is 5.73 Å². The van der Waals surface area contributed by atoms with Crippen molar-refractivity contribution < 1.29 is 8.42 Å². The number of hydrogen-bond donors (Lipinski definition) is 2. The molecule has 0 fully saturated rings. The average molecular weight is 289 g/mol. The van der Waals surface area contributed by atoms with Crippen molar-refractivity contribution in [3.05, 3.63) is 11.4 Å². The van der Waals surface area contributed by atoms with E-state index in [0.717, 1.165) is 13.0 Å². The second kappa shape index (κ2) is 6.47. The summed E-state index contributed by atoms with van der Waals surface area (Å²) in [6.45, 7) is 3.10. The zero-order valence-electron chi connectivity index (χ0n) is 12.0. The second-order valence-electron chi connectivity index (χ2n) is 4.81. The second-order valence-corrected chi connectivity index (χ2v) is 6.79. The van der Waals surface area contributed by atoms with Crippen LogP contribution in [0.25, 0.3) is 0 Å². The highest BCUT2D eigenvalue weighted by Crippen LogP contribution is 2.21. The van der Waals surface area contributed by atoms with Crippen LogP contribution in [-0.2, 0) is 16.6 Å². The number of aromatic nitrogens is 2. The molecule has 1 aromatic heterocycles. The minimum Gasteiger partial charge on any atom is -0.325 e. The van der Waals surface area contributed by atoms with Crippen molar-refractivity contribution in [2.75, 3.05) is 34.2 Å². The third-order valence-corrected chi connectivity index (χ3v) is 4.96. The predicted octanol–water partition coefficient (Wildman–Crippen LogP) is -0.251. The van der Waals surface area contributed by atoms with Gasteiger partial charge in [0.1, 0.15) is 4.90 Å². The lowest BCUT2D eigenvalue weighted by Gasteiger charge is -2.18. The fourth-order valence-corrected chi connectivity index (χ4v) is 3.38. The summed E-state index contributed by atoms with van der Waals surface area (Å²) in [7, 11) is 1.97. The van der Waals surface area contributed by atoms with Crippen LogP contribution in [0.1, 0.15) is 17.8 Å². The van der Waals surface area contributed by atoms with Crippen LogP contribution in [0.3, 0.4) is 0 Å². The molecule has 19 heavy (non-hydrogen) atoms. The summed E-state index contributed by atoms with van der Waals surface area (Å²) in [5, 5.41) is 6.61. The molecule has 0 aliphatic carbocycles. The molecule has 1 aromatic rings. The molecule has 0 aliphatic rings. The summed E-state index contributed by atoms with van der Waals surface area (Å²) >= 11 is 0. The summed E-state index contributed by atoms with van der Waals surface area (Å²) in [6, 6.07) is 0. The SMILES string of the molecule is Cc1[nH]nc(CN)c1S(=O)(=O)N(C)CCCN(C)C. The Bertz CT molecular complexity index is 509. The van der Waals surface area contributed by atoms with Crippen molar-refractivity contribution >= 4 is 10.0 Å². The highest BCUT2D eigenvalue weighted by Gasteiger charge is 2.27. The minimum absolute atomic E-state index is 0.102. The van der Waals surface area contributed by atoms with Crippen molar-refractivity contribution in [1.29, 1.82) is 0 Å². The molecule has 0 aliphatic heterocycles. The highest BCUT2D eigenvalue weighted by atomic mass is 32.2. The van der Waals surface area contributed by atoms with Gasteiger partial charge in [0.2, 0.25) is 10.0 Å². The van der Waals surface area contributed by atoms with E-state index in [1.807, 2.05) is 19.0 Å². The van der Waals surface area contributed by atoms with E-state index in [2.05, 4.69) is 10.2 Å². The molecule has 3 N–H and O–H groups in total. The number of nitrogens with zero attached hydrogens (tertiary/aromatic N) is 3. The first-order valence-electron chi connectivity index (χ1n) is 6.15. The van der Waals surface area contributed by atoms with E-state index in [9.17, 15) is 8.42 Å². The molecule has 0 bridgehead atoms. The number of rotatable bonds is 7. The number of hydrogen-bond acceptors (Lipinski definition) is 5. The number of nitrogens with one attached hydrogen (secondary N) is 1. The summed E-state index contributed by atoms with van der Waals surface area (Å²) < 4.78 is 26.3. The molecule has 8 heteroatoms. The summed E-state index contributed by atoms with van der Waals surface area (Å²) in [5.41, 5.74) is 6.44. The Balaban J connectivity index is 2.87. The number of nitrogens with two attached hydrogens (primary N) is 1. The van der Waals surface area contributed by atoms with Crippen molar-refractivity contribution in [1.82, 2.24) is 19.4 Å². The normalized spacial score (nSPS) is 12.6. The van der Waals surface area contributed by atoms with Gasteiger partial charge in [-0.1, -0.05) is 0 Å². The number of aromatic amines is 1. The molecule has 0 atom stereocenters. The van der Waals surface area contributed by atoms with E-state index >= 15 is 0 Å². The van der Waals surface area contributed by atoms with Crippen molar-refractivity contribution in [3.8, 4) is 0 Å². The molecule has 0 saturated heterocycles. The molecule has 1 rings (SSSR count). The highest BCUT2D eigenvalue weighted by molar-refractivity contribution is 7.89. The van der Waals surface area contributed by atoms with Gasteiger partial charge in [-0.2, -0.15) is 5.10 Å². The molecule has 0 saturated carbocycles. The molecule has 0 aromatic carbocycles. The molecular weight excluding hydrogens is 266 g/mol. The van der Waals surface area contributed by atoms with E-state index in [4.69, 9.17) is 5.73 Å². The first-order valence-corrected chi connectivity index (χ1v) is 7.59. The van der Waals surface area contributed by atoms with Gasteiger partial charge in [-0.3, -0.25) is 5.10 Å². The Morgan fingerprint density at radius 1 is 1.26 bits per heavy atom. The quantitative estimate of drug-likeness (QED) is 0.721. The van der Waals surface area contributed by atoms with Crippen LogP contribution >= 0.6 is 0 Å². The Morgan fingerprint density at radius 2 is 1.89 bits per heavy atom. The van der Waals surface area contributed by atoms with Gasteiger partial charge in [0.05, 0.1) is 11.4 Å². The fourth-order valence-electron chi connectivity index (χ4n) is 1.84. The fraction of sp³-hybridized carbons (Fsp3) is 0.727. The van der Waals surface area contributed by atoms with Gasteiger partial charge in [-0.15, -0.1) is 0 Å². The van der Waals surface area contributed by atoms with Gasteiger partial charge in [0.15, 0.2) is 0 Å². The van der Waals surface area contributed by atoms with Gasteiger partial charge in [-0.25, -0.2) is 12.7 Å². The van der Waals surface area contributed by atoms with Crippen molar-refractivity contribution in [2.24, 2.45) is 5.73 Å². The van der Waals surface area contributed by atoms with Gasteiger partial charge in [0.25, 0.3) is 0 Å². The molecule has 0 unspecified atom stereocenters. The number of sulfonamides is 1. The minimum atomic E-state index is -3.53. The van der Waals surface area contributed by atoms with Crippen LogP contribution in [0.15, 0.2) is 4.90 Å². The van der Waals surface area contributed by atoms with Crippen LogP contribution in [0, 0.1) is 6.92 Å². The lowest BCUT2D eigenvalue weighted by molar-refractivity contribution is 0.370. The third kappa shape index (κ3) is 3.75. The van der Waals surface area contributed by atoms with Crippen molar-refractivity contribution in [2.45, 2.75) is 24.8 Å². The van der Waals surface area contributed by atoms with Gasteiger partial charge < -0.3 is 10.6 Å². The lowest BCUT2D eigenvalue weighted by atomic mass is 10.4. The van der Waals surface area contributed by atoms with E-state index in [0.29, 0.717) is 17.9 Å². The molecule has 0 spiro atoms. The van der Waals surface area contributed by atoms with Crippen molar-refractivity contribution in [3.63, 3.8) is 0 Å². The average Bonchev–Trinajstić information content (AvgIpc) is 2.70. The Kier molecular flexibility index (Phi) is 5.48. The maximum Gasteiger partial charge on any atom is 0.246 e. The standard InChI is InChI=1S/C11H23N5O2S/c1-9-11(10(8-12)14-13-9)19(17,18)16(4)7-5-6-15(2)3/h5-8,12H2,1-4H3,(H,13,14). The van der Waals surface area contributed by atoms with E-state index in [-0.39, 0.29) is 11.4 Å². The van der Waals surface area contributed by atoms with Gasteiger partial charge in [0, 0.05) is 20.1 Å². The zero-order valence-corrected chi connectivity index (χ0v) is 12.8. The topological polar surface area (TPSA) is 95.3 Å². The zero-order chi connectivity index (χ0) is 14.6. The van der Waals surface area contributed by atoms with Gasteiger partial charge >= 0.3 is 0 Å². The third-order valence-electron chi connectivity index (χ3n) is 2.90. The Morgan fingerprint density at radius 3 is 2.42 bits per heavy atom. The number of aryl methyl sites for hydroxylation is 1. The molecule has 0 radical (unpaired) electrons. The Labute approximate surface area is 114 Å². The van der Waals surface area contributed by atoms with Crippen LogP contribution in [0.5, 0.6) is 0 Å². The van der Waals surface area contributed by atoms with Gasteiger partial charge in [-0.05, 0) is 34.0 Å². The predicted molar refractivity (Wildman–Crippen MR) is 74.2 cm³/mol. The summed E-state index contributed by atoms with van der Waals surface area (Å²) in [6.07, 6.45) is 0.775. The lowest BCUT2D eigenvalue weighted by Crippen LogP contribution is -2.31. The van der Waals surface area contributed by atoms with Crippen LogP contribution in [0.2, 0.25) is 0 Å². The summed E-state index contributed by atoms with van der Waals surface area (Å²) in [5.74, 6) is 0. The molecule has 0 amide bonds. The first kappa shape index (κ1) is 16.1. The van der Waals surface area contributed by atoms with E-state index in [1.165, 1.54) is 4.31 Å². The van der Waals surface area contributed by atoms with E-state index in [1.54, 1.807) is 14.0 Å². The van der Waals surface area contributed by atoms with Crippen LogP contribution in [-0.4, -0.2) is 62.1 Å². The molecule has 1 heterocycles. The maximum absolute atomic E-state index is 12.5. The maximum atomic E-state index is 12.5. The largest absolute Gasteiger partial charge is 0.325 e. The number of H-pyrrole nitrogens is 1. The van der Waals surface area contributed by atoms with E-state index < -0.39 is 10.0 Å². The molecular formula is C11H23N5O2S. The van der Waals surface area contributed by atoms with Crippen LogP contribution in [0.4, 0.5) is 0 Å².